The SMILES string of the molecule is O=C(CSc1nc(=O)n(Cc2ccccn2)c2c1CCCC2)Nc1cc(C(F)(F)F)cc(C(F)(F)F)c1. The monoisotopic (exact) mass is 542 g/mol. The second kappa shape index (κ2) is 10.6. The van der Waals surface area contributed by atoms with Crippen LogP contribution in [-0.4, -0.2) is 26.2 Å². The van der Waals surface area contributed by atoms with Crippen molar-refractivity contribution in [2.75, 3.05) is 11.1 Å². The van der Waals surface area contributed by atoms with Gasteiger partial charge in [0, 0.05) is 23.1 Å². The number of anilines is 1. The summed E-state index contributed by atoms with van der Waals surface area (Å²) >= 11 is 0.915. The van der Waals surface area contributed by atoms with Crippen molar-refractivity contribution in [1.29, 1.82) is 0 Å². The summed E-state index contributed by atoms with van der Waals surface area (Å²) in [6, 6.07) is 6.22. The first-order valence-electron chi connectivity index (χ1n) is 11.2. The summed E-state index contributed by atoms with van der Waals surface area (Å²) in [7, 11) is 0. The van der Waals surface area contributed by atoms with E-state index >= 15 is 0 Å². The largest absolute Gasteiger partial charge is 0.416 e. The highest BCUT2D eigenvalue weighted by Gasteiger charge is 2.37. The van der Waals surface area contributed by atoms with Crippen LogP contribution in [0.25, 0.3) is 0 Å². The number of hydrogen-bond acceptors (Lipinski definition) is 5. The Morgan fingerprint density at radius 3 is 2.30 bits per heavy atom. The number of halogens is 6. The van der Waals surface area contributed by atoms with Crippen LogP contribution in [0.3, 0.4) is 0 Å². The fraction of sp³-hybridized carbons (Fsp3) is 0.333. The van der Waals surface area contributed by atoms with E-state index in [1.807, 2.05) is 0 Å². The molecule has 2 aromatic heterocycles. The van der Waals surface area contributed by atoms with Crippen molar-refractivity contribution < 1.29 is 31.1 Å². The zero-order valence-electron chi connectivity index (χ0n) is 19.1. The summed E-state index contributed by atoms with van der Waals surface area (Å²) in [6.45, 7) is 0.234. The van der Waals surface area contributed by atoms with Crippen molar-refractivity contribution in [2.45, 2.75) is 49.6 Å². The Balaban J connectivity index is 1.54. The highest BCUT2D eigenvalue weighted by atomic mass is 32.2. The van der Waals surface area contributed by atoms with Gasteiger partial charge in [-0.3, -0.25) is 14.3 Å². The predicted molar refractivity (Wildman–Crippen MR) is 124 cm³/mol. The topological polar surface area (TPSA) is 76.9 Å². The second-order valence-corrected chi connectivity index (χ2v) is 9.33. The number of amides is 1. The van der Waals surface area contributed by atoms with Crippen molar-refractivity contribution >= 4 is 23.4 Å². The van der Waals surface area contributed by atoms with E-state index in [4.69, 9.17) is 0 Å². The van der Waals surface area contributed by atoms with Crippen LogP contribution in [0, 0.1) is 0 Å². The summed E-state index contributed by atoms with van der Waals surface area (Å²) in [5.41, 5.74) is -1.95. The van der Waals surface area contributed by atoms with Crippen molar-refractivity contribution in [3.63, 3.8) is 0 Å². The van der Waals surface area contributed by atoms with Gasteiger partial charge in [0.05, 0.1) is 29.1 Å². The van der Waals surface area contributed by atoms with E-state index in [0.717, 1.165) is 35.9 Å². The molecular formula is C24H20F6N4O2S. The molecule has 1 N–H and O–H groups in total. The van der Waals surface area contributed by atoms with Gasteiger partial charge in [-0.05, 0) is 56.0 Å². The lowest BCUT2D eigenvalue weighted by atomic mass is 9.97. The number of aromatic nitrogens is 3. The number of thioether (sulfide) groups is 1. The Labute approximate surface area is 211 Å². The molecule has 1 aliphatic carbocycles. The number of alkyl halides is 6. The molecule has 13 heteroatoms. The molecule has 0 radical (unpaired) electrons. The molecule has 0 fully saturated rings. The zero-order valence-corrected chi connectivity index (χ0v) is 19.9. The number of rotatable bonds is 6. The molecule has 0 saturated heterocycles. The van der Waals surface area contributed by atoms with E-state index in [0.29, 0.717) is 35.7 Å². The van der Waals surface area contributed by atoms with Crippen LogP contribution in [0.1, 0.15) is 40.9 Å². The molecule has 1 aliphatic rings. The fourth-order valence-corrected chi connectivity index (χ4v) is 4.92. The lowest BCUT2D eigenvalue weighted by molar-refractivity contribution is -0.143. The summed E-state index contributed by atoms with van der Waals surface area (Å²) in [5.74, 6) is -1.19. The minimum absolute atomic E-state index is 0.0133. The van der Waals surface area contributed by atoms with Crippen molar-refractivity contribution in [3.05, 3.63) is 81.2 Å². The molecule has 2 heterocycles. The van der Waals surface area contributed by atoms with Crippen molar-refractivity contribution in [2.24, 2.45) is 0 Å². The molecule has 0 unspecified atom stereocenters. The molecule has 1 amide bonds. The van der Waals surface area contributed by atoms with Gasteiger partial charge in [0.15, 0.2) is 0 Å². The summed E-state index contributed by atoms with van der Waals surface area (Å²) in [6.07, 6.45) is -5.48. The first-order chi connectivity index (χ1) is 17.4. The van der Waals surface area contributed by atoms with Gasteiger partial charge in [-0.2, -0.15) is 31.3 Å². The number of hydrogen-bond donors (Lipinski definition) is 1. The van der Waals surface area contributed by atoms with Crippen LogP contribution < -0.4 is 11.0 Å². The van der Waals surface area contributed by atoms with Gasteiger partial charge in [0.25, 0.3) is 0 Å². The lowest BCUT2D eigenvalue weighted by Crippen LogP contribution is -2.31. The maximum atomic E-state index is 13.1. The highest BCUT2D eigenvalue weighted by Crippen LogP contribution is 2.37. The average Bonchev–Trinajstić information content (AvgIpc) is 2.84. The summed E-state index contributed by atoms with van der Waals surface area (Å²) in [5, 5.41) is 2.42. The van der Waals surface area contributed by atoms with E-state index < -0.39 is 40.8 Å². The summed E-state index contributed by atoms with van der Waals surface area (Å²) < 4.78 is 80.0. The molecular weight excluding hydrogens is 522 g/mol. The van der Waals surface area contributed by atoms with Gasteiger partial charge in [0.2, 0.25) is 5.91 Å². The number of carbonyl (C=O) groups excluding carboxylic acids is 1. The molecule has 4 rings (SSSR count). The van der Waals surface area contributed by atoms with E-state index in [9.17, 15) is 35.9 Å². The Morgan fingerprint density at radius 1 is 1.00 bits per heavy atom. The van der Waals surface area contributed by atoms with Crippen LogP contribution in [0.2, 0.25) is 0 Å². The Hall–Kier alpha value is -3.35. The molecule has 3 aromatic rings. The zero-order chi connectivity index (χ0) is 26.8. The number of carbonyl (C=O) groups is 1. The molecule has 0 spiro atoms. The third kappa shape index (κ3) is 6.51. The first-order valence-corrected chi connectivity index (χ1v) is 12.1. The fourth-order valence-electron chi connectivity index (χ4n) is 4.04. The average molecular weight is 543 g/mol. The number of pyridine rings is 1. The van der Waals surface area contributed by atoms with Gasteiger partial charge in [-0.15, -0.1) is 0 Å². The highest BCUT2D eigenvalue weighted by molar-refractivity contribution is 8.00. The normalized spacial score (nSPS) is 13.8. The van der Waals surface area contributed by atoms with Crippen molar-refractivity contribution in [3.8, 4) is 0 Å². The molecule has 0 saturated carbocycles. The summed E-state index contributed by atoms with van der Waals surface area (Å²) in [4.78, 5) is 33.6. The minimum atomic E-state index is -5.03. The first kappa shape index (κ1) is 26.7. The van der Waals surface area contributed by atoms with Crippen LogP contribution in [-0.2, 0) is 36.5 Å². The molecule has 0 atom stereocenters. The Bertz CT molecular complexity index is 1320. The van der Waals surface area contributed by atoms with Gasteiger partial charge in [-0.1, -0.05) is 17.8 Å². The third-order valence-corrected chi connectivity index (χ3v) is 6.73. The van der Waals surface area contributed by atoms with E-state index in [-0.39, 0.29) is 18.4 Å². The van der Waals surface area contributed by atoms with Gasteiger partial charge in [-0.25, -0.2) is 4.79 Å². The molecule has 0 bridgehead atoms. The number of nitrogens with one attached hydrogen (secondary N) is 1. The van der Waals surface area contributed by atoms with E-state index in [1.165, 1.54) is 0 Å². The third-order valence-electron chi connectivity index (χ3n) is 5.71. The molecule has 196 valence electrons. The Kier molecular flexibility index (Phi) is 7.62. The lowest BCUT2D eigenvalue weighted by Gasteiger charge is -2.22. The smallest absolute Gasteiger partial charge is 0.325 e. The molecule has 0 aliphatic heterocycles. The quantitative estimate of drug-likeness (QED) is 0.259. The number of nitrogens with zero attached hydrogens (tertiary/aromatic N) is 3. The predicted octanol–water partition coefficient (Wildman–Crippen LogP) is 5.33. The van der Waals surface area contributed by atoms with Crippen molar-refractivity contribution in [1.82, 2.24) is 14.5 Å². The standard InChI is InChI=1S/C24H20F6N4O2S/c25-23(26,27)14-9-15(24(28,29)30)11-17(10-14)32-20(35)13-37-21-18-6-1-2-7-19(18)34(22(36)33-21)12-16-5-3-4-8-31-16/h3-5,8-11H,1-2,6-7,12-13H2,(H,32,35). The minimum Gasteiger partial charge on any atom is -0.325 e. The number of benzene rings is 1. The molecule has 37 heavy (non-hydrogen) atoms. The van der Waals surface area contributed by atoms with Gasteiger partial charge >= 0.3 is 18.0 Å². The maximum Gasteiger partial charge on any atom is 0.416 e. The Morgan fingerprint density at radius 2 is 1.68 bits per heavy atom. The molecule has 6 nitrogen and oxygen atoms in total. The van der Waals surface area contributed by atoms with Crippen LogP contribution in [0.15, 0.2) is 52.4 Å². The van der Waals surface area contributed by atoms with Crippen LogP contribution in [0.4, 0.5) is 32.0 Å². The van der Waals surface area contributed by atoms with E-state index in [1.54, 1.807) is 29.0 Å². The second-order valence-electron chi connectivity index (χ2n) is 8.37. The van der Waals surface area contributed by atoms with Gasteiger partial charge < -0.3 is 5.32 Å². The maximum absolute atomic E-state index is 13.1. The van der Waals surface area contributed by atoms with E-state index in [2.05, 4.69) is 15.3 Å². The van der Waals surface area contributed by atoms with Crippen LogP contribution in [0.5, 0.6) is 0 Å². The number of fused-ring (bicyclic) bond motifs is 1. The van der Waals surface area contributed by atoms with Gasteiger partial charge in [0.1, 0.15) is 5.03 Å². The molecule has 1 aromatic carbocycles. The van der Waals surface area contributed by atoms with Crippen LogP contribution >= 0.6 is 11.8 Å².